The summed E-state index contributed by atoms with van der Waals surface area (Å²) in [5.74, 6) is -2.33. The predicted octanol–water partition coefficient (Wildman–Crippen LogP) is 20.4. The van der Waals surface area contributed by atoms with Crippen LogP contribution in [0.5, 0.6) is 0 Å². The Morgan fingerprint density at radius 3 is 1.02 bits per heavy atom. The standard InChI is InChI=1S/C74H133NO8/c1-6-8-10-12-14-16-18-20-22-24-26-28-29-30-31-32-33-34-35-36-37-38-39-40-41-42-43-45-46-48-50-52-54-56-58-60-62-64-71(76)81-68-70(69-82-74(73(78)79)80-67-66-75(3,4)5)83-72(77)65-63-61-59-57-55-53-51-49-47-44-27-25-23-21-19-17-15-13-11-9-7-2/h9,11,15,17,21,23,27,44,49,51,55,57,70,74H,6-8,10,12-14,16,18-20,22,24-26,28-43,45-48,50,52-54,56,58-69H2,1-5H3/b11-9-,17-15-,23-21-,44-27-,51-49-,57-55-. The summed E-state index contributed by atoms with van der Waals surface area (Å²) in [5.41, 5.74) is 0. The molecular weight excluding hydrogens is 1030 g/mol. The van der Waals surface area contributed by atoms with Crippen LogP contribution in [0.1, 0.15) is 322 Å². The molecule has 0 aliphatic carbocycles. The summed E-state index contributed by atoms with van der Waals surface area (Å²) in [7, 11) is 5.91. The Balaban J connectivity index is 4.04. The maximum atomic E-state index is 12.9. The number of allylic oxidation sites excluding steroid dienone is 12. The van der Waals surface area contributed by atoms with Crippen LogP contribution in [0.25, 0.3) is 0 Å². The third-order valence-corrected chi connectivity index (χ3v) is 15.5. The summed E-state index contributed by atoms with van der Waals surface area (Å²) in [4.78, 5) is 37.4. The summed E-state index contributed by atoms with van der Waals surface area (Å²) < 4.78 is 22.7. The molecule has 0 N–H and O–H groups in total. The molecule has 482 valence electrons. The zero-order chi connectivity index (χ0) is 60.5. The van der Waals surface area contributed by atoms with Gasteiger partial charge in [0.05, 0.1) is 40.3 Å². The SMILES string of the molecule is CC/C=C\C/C=C\C/C=C\C/C=C\C/C=C\C/C=C\CCCCC(=O)OC(COC(=O)CCCCCCCCCCCCCCCCCCCCCCCCCCCCCCCCCCCCCCC)COC(OCC[N+](C)(C)C)C(=O)[O-]. The van der Waals surface area contributed by atoms with E-state index in [1.807, 2.05) is 21.1 Å². The van der Waals surface area contributed by atoms with E-state index in [0.717, 1.165) is 70.6 Å². The normalized spacial score (nSPS) is 13.1. The molecule has 0 spiro atoms. The number of likely N-dealkylation sites (N-methyl/N-ethyl adjacent to an activating group) is 1. The van der Waals surface area contributed by atoms with Crippen molar-refractivity contribution in [3.8, 4) is 0 Å². The van der Waals surface area contributed by atoms with Crippen LogP contribution in [0.2, 0.25) is 0 Å². The summed E-state index contributed by atoms with van der Waals surface area (Å²) in [6, 6.07) is 0. The number of aliphatic carboxylic acids is 1. The monoisotopic (exact) mass is 1160 g/mol. The molecule has 0 aliphatic heterocycles. The minimum absolute atomic E-state index is 0.137. The van der Waals surface area contributed by atoms with E-state index in [-0.39, 0.29) is 38.6 Å². The zero-order valence-corrected chi connectivity index (χ0v) is 55.1. The average Bonchev–Trinajstić information content (AvgIpc) is 3.46. The number of carboxylic acids is 1. The van der Waals surface area contributed by atoms with Crippen molar-refractivity contribution in [1.29, 1.82) is 0 Å². The predicted molar refractivity (Wildman–Crippen MR) is 352 cm³/mol. The molecule has 9 heteroatoms. The van der Waals surface area contributed by atoms with E-state index in [1.54, 1.807) is 0 Å². The lowest BCUT2D eigenvalue weighted by atomic mass is 10.0. The summed E-state index contributed by atoms with van der Waals surface area (Å²) in [6.07, 6.45) is 83.1. The number of unbranched alkanes of at least 4 members (excludes halogenated alkanes) is 38. The van der Waals surface area contributed by atoms with Gasteiger partial charge < -0.3 is 33.3 Å². The largest absolute Gasteiger partial charge is 0.545 e. The van der Waals surface area contributed by atoms with E-state index >= 15 is 0 Å². The number of carbonyl (C=O) groups excluding carboxylic acids is 3. The van der Waals surface area contributed by atoms with Crippen LogP contribution >= 0.6 is 0 Å². The first-order chi connectivity index (χ1) is 40.6. The van der Waals surface area contributed by atoms with Crippen LogP contribution in [0.4, 0.5) is 0 Å². The molecule has 0 saturated heterocycles. The number of carbonyl (C=O) groups is 3. The van der Waals surface area contributed by atoms with Gasteiger partial charge in [-0.1, -0.05) is 318 Å². The van der Waals surface area contributed by atoms with Crippen LogP contribution in [0.15, 0.2) is 72.9 Å². The van der Waals surface area contributed by atoms with Crippen molar-refractivity contribution in [3.63, 3.8) is 0 Å². The molecule has 0 aromatic rings. The Morgan fingerprint density at radius 2 is 0.687 bits per heavy atom. The van der Waals surface area contributed by atoms with Crippen molar-refractivity contribution < 1.29 is 42.9 Å². The van der Waals surface area contributed by atoms with Gasteiger partial charge in [-0.2, -0.15) is 0 Å². The van der Waals surface area contributed by atoms with Crippen molar-refractivity contribution >= 4 is 17.9 Å². The summed E-state index contributed by atoms with van der Waals surface area (Å²) in [5, 5.41) is 11.8. The molecule has 0 rings (SSSR count). The highest BCUT2D eigenvalue weighted by atomic mass is 16.7. The summed E-state index contributed by atoms with van der Waals surface area (Å²) >= 11 is 0. The second-order valence-electron chi connectivity index (χ2n) is 24.8. The molecule has 83 heavy (non-hydrogen) atoms. The first kappa shape index (κ1) is 79.7. The Bertz CT molecular complexity index is 1590. The Hall–Kier alpha value is -3.27. The average molecular weight is 1160 g/mol. The van der Waals surface area contributed by atoms with Crippen molar-refractivity contribution in [1.82, 2.24) is 0 Å². The van der Waals surface area contributed by atoms with E-state index in [4.69, 9.17) is 18.9 Å². The van der Waals surface area contributed by atoms with Crippen LogP contribution < -0.4 is 5.11 Å². The minimum atomic E-state index is -1.64. The number of carboxylic acid groups (broad SMARTS) is 1. The van der Waals surface area contributed by atoms with Gasteiger partial charge in [-0.3, -0.25) is 9.59 Å². The Labute approximate surface area is 513 Å². The van der Waals surface area contributed by atoms with Gasteiger partial charge in [-0.05, 0) is 64.2 Å². The molecule has 0 radical (unpaired) electrons. The first-order valence-corrected chi connectivity index (χ1v) is 35.1. The van der Waals surface area contributed by atoms with Crippen molar-refractivity contribution in [2.24, 2.45) is 0 Å². The lowest BCUT2D eigenvalue weighted by molar-refractivity contribution is -0.870. The van der Waals surface area contributed by atoms with Gasteiger partial charge in [0.1, 0.15) is 13.2 Å². The lowest BCUT2D eigenvalue weighted by Crippen LogP contribution is -2.44. The Morgan fingerprint density at radius 1 is 0.373 bits per heavy atom. The van der Waals surface area contributed by atoms with Crippen molar-refractivity contribution in [2.75, 3.05) is 47.5 Å². The molecule has 0 amide bonds. The number of esters is 2. The molecule has 0 aromatic heterocycles. The second kappa shape index (κ2) is 64.7. The molecular formula is C74H133NO8. The zero-order valence-electron chi connectivity index (χ0n) is 55.1. The summed E-state index contributed by atoms with van der Waals surface area (Å²) in [6.45, 7) is 4.62. The molecule has 2 atom stereocenters. The second-order valence-corrected chi connectivity index (χ2v) is 24.8. The van der Waals surface area contributed by atoms with E-state index < -0.39 is 24.3 Å². The molecule has 0 aromatic carbocycles. The van der Waals surface area contributed by atoms with Gasteiger partial charge in [-0.15, -0.1) is 0 Å². The van der Waals surface area contributed by atoms with Gasteiger partial charge in [0, 0.05) is 12.8 Å². The molecule has 0 saturated carbocycles. The first-order valence-electron chi connectivity index (χ1n) is 35.1. The number of rotatable bonds is 65. The molecule has 0 fully saturated rings. The van der Waals surface area contributed by atoms with Crippen molar-refractivity contribution in [3.05, 3.63) is 72.9 Å². The van der Waals surface area contributed by atoms with E-state index in [0.29, 0.717) is 17.4 Å². The minimum Gasteiger partial charge on any atom is -0.545 e. The van der Waals surface area contributed by atoms with Gasteiger partial charge in [-0.25, -0.2) is 0 Å². The lowest BCUT2D eigenvalue weighted by Gasteiger charge is -2.26. The van der Waals surface area contributed by atoms with Gasteiger partial charge in [0.25, 0.3) is 0 Å². The fourth-order valence-corrected chi connectivity index (χ4v) is 10.1. The quantitative estimate of drug-likeness (QED) is 0.0195. The third-order valence-electron chi connectivity index (χ3n) is 15.5. The highest BCUT2D eigenvalue weighted by Gasteiger charge is 2.22. The van der Waals surface area contributed by atoms with Crippen molar-refractivity contribution in [2.45, 2.75) is 334 Å². The number of ether oxygens (including phenoxy) is 4. The molecule has 0 bridgehead atoms. The van der Waals surface area contributed by atoms with Crippen LogP contribution in [-0.2, 0) is 33.3 Å². The van der Waals surface area contributed by atoms with Gasteiger partial charge >= 0.3 is 11.9 Å². The number of nitrogens with zero attached hydrogens (tertiary/aromatic N) is 1. The van der Waals surface area contributed by atoms with E-state index in [9.17, 15) is 19.5 Å². The Kier molecular flexibility index (Phi) is 62.2. The molecule has 9 nitrogen and oxygen atoms in total. The van der Waals surface area contributed by atoms with E-state index in [1.165, 1.54) is 218 Å². The maximum Gasteiger partial charge on any atom is 0.306 e. The van der Waals surface area contributed by atoms with Gasteiger partial charge in [0.2, 0.25) is 0 Å². The molecule has 2 unspecified atom stereocenters. The number of hydrogen-bond acceptors (Lipinski definition) is 8. The van der Waals surface area contributed by atoms with Crippen LogP contribution in [0.3, 0.4) is 0 Å². The number of quaternary nitrogens is 1. The molecule has 0 aliphatic rings. The highest BCUT2D eigenvalue weighted by Crippen LogP contribution is 2.18. The van der Waals surface area contributed by atoms with Gasteiger partial charge in [0.15, 0.2) is 12.4 Å². The fourth-order valence-electron chi connectivity index (χ4n) is 10.1. The fraction of sp³-hybridized carbons (Fsp3) is 0.797. The smallest absolute Gasteiger partial charge is 0.306 e. The maximum absolute atomic E-state index is 12.9. The number of hydrogen-bond donors (Lipinski definition) is 0. The van der Waals surface area contributed by atoms with Crippen LogP contribution in [-0.4, -0.2) is 82.3 Å². The molecule has 0 heterocycles. The van der Waals surface area contributed by atoms with E-state index in [2.05, 4.69) is 86.8 Å². The third kappa shape index (κ3) is 66.1. The topological polar surface area (TPSA) is 111 Å². The van der Waals surface area contributed by atoms with Crippen LogP contribution in [0, 0.1) is 0 Å². The highest BCUT2D eigenvalue weighted by molar-refractivity contribution is 5.70.